The molecule has 0 radical (unpaired) electrons. The monoisotopic (exact) mass is 545 g/mol. The SMILES string of the molecule is C=NO/C(CC(C)C)=N\CN(CCc1ccc(OC(C)(C)C(C)=O)cc1)Cc1ccc(C(=N)N=CC2CC2)cc1. The van der Waals surface area contributed by atoms with Crippen molar-refractivity contribution in [3.63, 3.8) is 0 Å². The van der Waals surface area contributed by atoms with Crippen molar-refractivity contribution >= 4 is 30.4 Å². The molecule has 8 heteroatoms. The molecular weight excluding hydrogens is 502 g/mol. The fraction of sp³-hybridized carbons (Fsp3) is 0.469. The lowest BCUT2D eigenvalue weighted by Crippen LogP contribution is -2.36. The maximum Gasteiger partial charge on any atom is 0.221 e. The number of hydrogen-bond acceptors (Lipinski definition) is 7. The highest BCUT2D eigenvalue weighted by molar-refractivity contribution is 6.01. The Morgan fingerprint density at radius 3 is 2.35 bits per heavy atom. The van der Waals surface area contributed by atoms with E-state index >= 15 is 0 Å². The molecule has 1 aliphatic carbocycles. The molecule has 1 aliphatic rings. The highest BCUT2D eigenvalue weighted by Gasteiger charge is 2.25. The number of ketones is 1. The summed E-state index contributed by atoms with van der Waals surface area (Å²) in [6, 6.07) is 15.9. The lowest BCUT2D eigenvalue weighted by molar-refractivity contribution is -0.129. The number of amidine groups is 1. The number of carbonyl (C=O) groups is 1. The van der Waals surface area contributed by atoms with Gasteiger partial charge in [-0.25, -0.2) is 9.98 Å². The average Bonchev–Trinajstić information content (AvgIpc) is 3.74. The Hall–Kier alpha value is -3.65. The first-order valence-corrected chi connectivity index (χ1v) is 14.0. The summed E-state index contributed by atoms with van der Waals surface area (Å²) >= 11 is 0. The number of benzene rings is 2. The molecule has 1 fully saturated rings. The molecule has 0 spiro atoms. The van der Waals surface area contributed by atoms with E-state index in [-0.39, 0.29) is 5.78 Å². The van der Waals surface area contributed by atoms with Crippen LogP contribution in [0.2, 0.25) is 0 Å². The van der Waals surface area contributed by atoms with Crippen LogP contribution in [0.1, 0.15) is 70.6 Å². The van der Waals surface area contributed by atoms with Crippen molar-refractivity contribution in [2.75, 3.05) is 13.2 Å². The fourth-order valence-electron chi connectivity index (χ4n) is 3.84. The van der Waals surface area contributed by atoms with Crippen LogP contribution in [0.5, 0.6) is 5.75 Å². The van der Waals surface area contributed by atoms with E-state index in [0.717, 1.165) is 29.7 Å². The first kappa shape index (κ1) is 30.9. The van der Waals surface area contributed by atoms with Gasteiger partial charge in [0.25, 0.3) is 0 Å². The summed E-state index contributed by atoms with van der Waals surface area (Å²) in [7, 11) is 0. The highest BCUT2D eigenvalue weighted by Crippen LogP contribution is 2.26. The Labute approximate surface area is 238 Å². The first-order chi connectivity index (χ1) is 19.1. The van der Waals surface area contributed by atoms with Crippen molar-refractivity contribution in [2.24, 2.45) is 27.0 Å². The molecule has 2 aromatic carbocycles. The Morgan fingerprint density at radius 1 is 1.12 bits per heavy atom. The fourth-order valence-corrected chi connectivity index (χ4v) is 3.84. The van der Waals surface area contributed by atoms with Crippen LogP contribution in [0.15, 0.2) is 63.7 Å². The first-order valence-electron chi connectivity index (χ1n) is 14.0. The summed E-state index contributed by atoms with van der Waals surface area (Å²) in [4.78, 5) is 28.4. The molecule has 0 unspecified atom stereocenters. The van der Waals surface area contributed by atoms with Crippen molar-refractivity contribution in [2.45, 2.75) is 72.4 Å². The van der Waals surface area contributed by atoms with Crippen LogP contribution in [-0.2, 0) is 22.6 Å². The summed E-state index contributed by atoms with van der Waals surface area (Å²) in [5, 5.41) is 11.8. The molecule has 0 amide bonds. The minimum Gasteiger partial charge on any atom is -0.480 e. The molecule has 214 valence electrons. The largest absolute Gasteiger partial charge is 0.480 e. The van der Waals surface area contributed by atoms with Crippen molar-refractivity contribution < 1.29 is 14.4 Å². The van der Waals surface area contributed by atoms with Crippen LogP contribution < -0.4 is 4.74 Å². The zero-order valence-electron chi connectivity index (χ0n) is 24.5. The Balaban J connectivity index is 1.68. The van der Waals surface area contributed by atoms with Gasteiger partial charge in [-0.05, 0) is 75.1 Å². The summed E-state index contributed by atoms with van der Waals surface area (Å²) in [6.45, 7) is 14.7. The van der Waals surface area contributed by atoms with E-state index in [1.807, 2.05) is 54.7 Å². The van der Waals surface area contributed by atoms with E-state index in [1.54, 1.807) is 13.8 Å². The van der Waals surface area contributed by atoms with Crippen LogP contribution in [0.25, 0.3) is 0 Å². The molecule has 0 saturated heterocycles. The lowest BCUT2D eigenvalue weighted by atomic mass is 10.1. The van der Waals surface area contributed by atoms with Gasteiger partial charge in [0.15, 0.2) is 17.2 Å². The minimum atomic E-state index is -0.857. The Kier molecular flexibility index (Phi) is 11.3. The third-order valence-electron chi connectivity index (χ3n) is 6.73. The summed E-state index contributed by atoms with van der Waals surface area (Å²) < 4.78 is 5.87. The number of Topliss-reactive ketones (excluding diaryl/α,β-unsaturated/α-hetero) is 1. The predicted octanol–water partition coefficient (Wildman–Crippen LogP) is 6.32. The van der Waals surface area contributed by atoms with E-state index in [2.05, 4.69) is 35.6 Å². The van der Waals surface area contributed by atoms with Gasteiger partial charge in [0.05, 0.1) is 6.67 Å². The van der Waals surface area contributed by atoms with Crippen molar-refractivity contribution in [1.82, 2.24) is 4.90 Å². The van der Waals surface area contributed by atoms with E-state index in [1.165, 1.54) is 19.8 Å². The number of nitrogens with zero attached hydrogens (tertiary/aromatic N) is 4. The van der Waals surface area contributed by atoms with Gasteiger partial charge in [-0.15, -0.1) is 0 Å². The van der Waals surface area contributed by atoms with Crippen molar-refractivity contribution in [3.05, 3.63) is 65.2 Å². The van der Waals surface area contributed by atoms with Gasteiger partial charge >= 0.3 is 0 Å². The van der Waals surface area contributed by atoms with Gasteiger partial charge in [0.1, 0.15) is 5.75 Å². The zero-order valence-corrected chi connectivity index (χ0v) is 24.5. The molecule has 40 heavy (non-hydrogen) atoms. The summed E-state index contributed by atoms with van der Waals surface area (Å²) in [5.41, 5.74) is 2.24. The molecule has 0 aliphatic heterocycles. The normalized spacial score (nSPS) is 14.1. The molecule has 1 saturated carbocycles. The second kappa shape index (κ2) is 14.7. The third kappa shape index (κ3) is 10.5. The van der Waals surface area contributed by atoms with Crippen LogP contribution >= 0.6 is 0 Å². The molecule has 3 rings (SSSR count). The van der Waals surface area contributed by atoms with Gasteiger partial charge in [-0.1, -0.05) is 55.4 Å². The molecule has 0 heterocycles. The summed E-state index contributed by atoms with van der Waals surface area (Å²) in [5.74, 6) is 2.45. The number of ether oxygens (including phenoxy) is 1. The number of aliphatic imine (C=N–C) groups is 2. The minimum absolute atomic E-state index is 0.0175. The maximum atomic E-state index is 11.8. The van der Waals surface area contributed by atoms with Crippen LogP contribution in [0.4, 0.5) is 0 Å². The molecule has 1 N–H and O–H groups in total. The Bertz CT molecular complexity index is 1200. The average molecular weight is 546 g/mol. The van der Waals surface area contributed by atoms with E-state index in [0.29, 0.717) is 49.0 Å². The highest BCUT2D eigenvalue weighted by atomic mass is 16.6. The van der Waals surface area contributed by atoms with Crippen LogP contribution in [-0.4, -0.2) is 54.2 Å². The maximum absolute atomic E-state index is 11.8. The standard InChI is InChI=1S/C32H43N5O3/c1-23(2)19-30(40-34-6)36-22-37(18-17-25-11-15-29(16-12-25)39-32(4,5)24(3)38)21-27-9-13-28(14-10-27)31(33)35-20-26-7-8-26/h9-16,20,23,26,33H,6-8,17-19,21-22H2,1-5H3/b33-31?,35-20?,36-30-. The second-order valence-corrected chi connectivity index (χ2v) is 11.3. The van der Waals surface area contributed by atoms with Gasteiger partial charge in [-0.2, -0.15) is 0 Å². The topological polar surface area (TPSA) is 99.7 Å². The van der Waals surface area contributed by atoms with Gasteiger partial charge in [-0.3, -0.25) is 15.1 Å². The number of oxime groups is 1. The molecule has 0 bridgehead atoms. The van der Waals surface area contributed by atoms with Crippen LogP contribution in [0.3, 0.4) is 0 Å². The van der Waals surface area contributed by atoms with E-state index in [4.69, 9.17) is 20.0 Å². The number of rotatable bonds is 15. The number of nitrogens with one attached hydrogen (secondary N) is 1. The number of carbonyl (C=O) groups excluding carboxylic acids is 1. The predicted molar refractivity (Wildman–Crippen MR) is 163 cm³/mol. The second-order valence-electron chi connectivity index (χ2n) is 11.3. The van der Waals surface area contributed by atoms with Gasteiger partial charge in [0.2, 0.25) is 5.90 Å². The van der Waals surface area contributed by atoms with Gasteiger partial charge in [0, 0.05) is 38.0 Å². The quantitative estimate of drug-likeness (QED) is 0.161. The van der Waals surface area contributed by atoms with E-state index < -0.39 is 5.60 Å². The molecule has 0 atom stereocenters. The molecule has 0 aromatic heterocycles. The summed E-state index contributed by atoms with van der Waals surface area (Å²) in [6.07, 6.45) is 5.75. The molecular formula is C32H43N5O3. The lowest BCUT2D eigenvalue weighted by Gasteiger charge is -2.23. The Morgan fingerprint density at radius 2 is 1.77 bits per heavy atom. The smallest absolute Gasteiger partial charge is 0.221 e. The molecule has 8 nitrogen and oxygen atoms in total. The number of hydrogen-bond donors (Lipinski definition) is 1. The third-order valence-corrected chi connectivity index (χ3v) is 6.73. The molecule has 2 aromatic rings. The van der Waals surface area contributed by atoms with Gasteiger partial charge < -0.3 is 9.57 Å². The van der Waals surface area contributed by atoms with Crippen molar-refractivity contribution in [3.8, 4) is 5.75 Å². The zero-order chi connectivity index (χ0) is 29.1. The van der Waals surface area contributed by atoms with Crippen LogP contribution in [0, 0.1) is 17.2 Å². The van der Waals surface area contributed by atoms with Crippen molar-refractivity contribution in [1.29, 1.82) is 5.41 Å². The van der Waals surface area contributed by atoms with E-state index in [9.17, 15) is 4.79 Å².